The van der Waals surface area contributed by atoms with E-state index in [-0.39, 0.29) is 18.2 Å². The van der Waals surface area contributed by atoms with Crippen molar-refractivity contribution in [2.45, 2.75) is 38.6 Å². The molecule has 2 heterocycles. The molecule has 0 spiro atoms. The fourth-order valence-corrected chi connectivity index (χ4v) is 4.24. The summed E-state index contributed by atoms with van der Waals surface area (Å²) in [6, 6.07) is 16.9. The third-order valence-corrected chi connectivity index (χ3v) is 5.79. The summed E-state index contributed by atoms with van der Waals surface area (Å²) in [6.07, 6.45) is 7.07. The Balaban J connectivity index is 0.00000225. The van der Waals surface area contributed by atoms with Crippen molar-refractivity contribution < 1.29 is 4.79 Å². The van der Waals surface area contributed by atoms with Gasteiger partial charge in [0.15, 0.2) is 5.78 Å². The highest BCUT2D eigenvalue weighted by molar-refractivity contribution is 6.08. The molecule has 3 aromatic rings. The van der Waals surface area contributed by atoms with E-state index in [0.29, 0.717) is 6.42 Å². The second kappa shape index (κ2) is 9.40. The molecule has 148 valence electrons. The topological polar surface area (TPSA) is 25.2 Å². The molecular weight excluding hydrogens is 368 g/mol. The fraction of sp³-hybridized carbons (Fsp3) is 0.375. The molecule has 0 bridgehead atoms. The van der Waals surface area contributed by atoms with Crippen molar-refractivity contribution in [3.63, 3.8) is 0 Å². The SMILES string of the molecule is Cl.Cn1cc(C(=O)CCCCCN2CCc3ccccc3C2)c2ccccc21. The number of ketones is 1. The van der Waals surface area contributed by atoms with Crippen molar-refractivity contribution in [3.05, 3.63) is 71.4 Å². The van der Waals surface area contributed by atoms with Crippen LogP contribution in [-0.2, 0) is 20.0 Å². The first-order chi connectivity index (χ1) is 13.2. The van der Waals surface area contributed by atoms with Crippen LogP contribution in [0.2, 0.25) is 0 Å². The van der Waals surface area contributed by atoms with E-state index in [1.807, 2.05) is 25.4 Å². The summed E-state index contributed by atoms with van der Waals surface area (Å²) in [5, 5.41) is 1.08. The molecule has 0 atom stereocenters. The molecule has 4 heteroatoms. The van der Waals surface area contributed by atoms with Gasteiger partial charge in [0.1, 0.15) is 0 Å². The number of para-hydroxylation sites is 1. The summed E-state index contributed by atoms with van der Waals surface area (Å²) < 4.78 is 2.05. The van der Waals surface area contributed by atoms with Gasteiger partial charge in [-0.25, -0.2) is 0 Å². The van der Waals surface area contributed by atoms with Gasteiger partial charge in [0, 0.05) is 49.2 Å². The second-order valence-corrected chi connectivity index (χ2v) is 7.70. The minimum atomic E-state index is 0. The van der Waals surface area contributed by atoms with Gasteiger partial charge >= 0.3 is 0 Å². The molecule has 28 heavy (non-hydrogen) atoms. The molecule has 0 saturated carbocycles. The Morgan fingerprint density at radius 1 is 0.964 bits per heavy atom. The zero-order chi connectivity index (χ0) is 18.6. The maximum atomic E-state index is 12.7. The Bertz CT molecular complexity index is 947. The van der Waals surface area contributed by atoms with Gasteiger partial charge in [-0.3, -0.25) is 9.69 Å². The highest BCUT2D eigenvalue weighted by Crippen LogP contribution is 2.23. The monoisotopic (exact) mass is 396 g/mol. The predicted molar refractivity (Wildman–Crippen MR) is 118 cm³/mol. The van der Waals surface area contributed by atoms with E-state index in [0.717, 1.165) is 55.4 Å². The highest BCUT2D eigenvalue weighted by atomic mass is 35.5. The van der Waals surface area contributed by atoms with Crippen molar-refractivity contribution >= 4 is 29.1 Å². The Morgan fingerprint density at radius 3 is 2.57 bits per heavy atom. The summed E-state index contributed by atoms with van der Waals surface area (Å²) in [6.45, 7) is 3.37. The van der Waals surface area contributed by atoms with E-state index in [4.69, 9.17) is 0 Å². The number of benzene rings is 2. The molecule has 2 aromatic carbocycles. The summed E-state index contributed by atoms with van der Waals surface area (Å²) in [7, 11) is 2.01. The zero-order valence-corrected chi connectivity index (χ0v) is 17.4. The number of fused-ring (bicyclic) bond motifs is 2. The average molecular weight is 397 g/mol. The van der Waals surface area contributed by atoms with Gasteiger partial charge < -0.3 is 4.57 Å². The number of aromatic nitrogens is 1. The van der Waals surface area contributed by atoms with Crippen LogP contribution in [0.25, 0.3) is 10.9 Å². The van der Waals surface area contributed by atoms with Crippen LogP contribution in [0.4, 0.5) is 0 Å². The molecule has 0 fully saturated rings. The van der Waals surface area contributed by atoms with Gasteiger partial charge in [-0.1, -0.05) is 48.9 Å². The van der Waals surface area contributed by atoms with Gasteiger partial charge in [-0.2, -0.15) is 0 Å². The van der Waals surface area contributed by atoms with Crippen LogP contribution in [0.15, 0.2) is 54.7 Å². The first-order valence-electron chi connectivity index (χ1n) is 10.1. The number of hydrogen-bond acceptors (Lipinski definition) is 2. The largest absolute Gasteiger partial charge is 0.350 e. The molecule has 1 aliphatic rings. The minimum Gasteiger partial charge on any atom is -0.350 e. The van der Waals surface area contributed by atoms with Gasteiger partial charge in [-0.15, -0.1) is 12.4 Å². The average Bonchev–Trinajstić information content (AvgIpc) is 3.04. The molecule has 0 radical (unpaired) electrons. The van der Waals surface area contributed by atoms with Crippen LogP contribution in [0.1, 0.15) is 47.2 Å². The van der Waals surface area contributed by atoms with E-state index in [1.165, 1.54) is 17.5 Å². The standard InChI is InChI=1S/C24H28N2O.ClH/c1-25-18-22(21-11-6-7-12-23(21)25)24(27)13-3-2-8-15-26-16-14-19-9-4-5-10-20(19)17-26;/h4-7,9-12,18H,2-3,8,13-17H2,1H3;1H. The van der Waals surface area contributed by atoms with Crippen LogP contribution >= 0.6 is 12.4 Å². The van der Waals surface area contributed by atoms with Crippen LogP contribution in [0, 0.1) is 0 Å². The molecule has 0 amide bonds. The first kappa shape index (κ1) is 20.6. The van der Waals surface area contributed by atoms with Crippen LogP contribution in [0.3, 0.4) is 0 Å². The summed E-state index contributed by atoms with van der Waals surface area (Å²) in [5.41, 5.74) is 5.00. The summed E-state index contributed by atoms with van der Waals surface area (Å²) >= 11 is 0. The van der Waals surface area contributed by atoms with E-state index in [1.54, 1.807) is 0 Å². The molecule has 0 saturated heterocycles. The normalized spacial score (nSPS) is 13.9. The molecule has 0 N–H and O–H groups in total. The number of rotatable bonds is 7. The Morgan fingerprint density at radius 2 is 1.71 bits per heavy atom. The highest BCUT2D eigenvalue weighted by Gasteiger charge is 2.16. The van der Waals surface area contributed by atoms with E-state index >= 15 is 0 Å². The number of nitrogens with zero attached hydrogens (tertiary/aromatic N) is 2. The van der Waals surface area contributed by atoms with Crippen LogP contribution in [0.5, 0.6) is 0 Å². The van der Waals surface area contributed by atoms with Crippen LogP contribution in [-0.4, -0.2) is 28.3 Å². The maximum Gasteiger partial charge on any atom is 0.165 e. The molecule has 0 aliphatic carbocycles. The maximum absolute atomic E-state index is 12.7. The fourth-order valence-electron chi connectivity index (χ4n) is 4.24. The number of carbonyl (C=O) groups is 1. The lowest BCUT2D eigenvalue weighted by molar-refractivity contribution is 0.0980. The molecule has 1 aromatic heterocycles. The third kappa shape index (κ3) is 4.48. The quantitative estimate of drug-likeness (QED) is 0.394. The van der Waals surface area contributed by atoms with Crippen molar-refractivity contribution in [1.82, 2.24) is 9.47 Å². The number of aryl methyl sites for hydroxylation is 1. The van der Waals surface area contributed by atoms with E-state index < -0.39 is 0 Å². The Labute approximate surface area is 173 Å². The minimum absolute atomic E-state index is 0. The Kier molecular flexibility index (Phi) is 6.93. The van der Waals surface area contributed by atoms with Gasteiger partial charge in [0.2, 0.25) is 0 Å². The number of carbonyl (C=O) groups excluding carboxylic acids is 1. The molecule has 1 aliphatic heterocycles. The number of Topliss-reactive ketones (excluding diaryl/α,β-unsaturated/α-hetero) is 1. The molecule has 4 rings (SSSR count). The number of halogens is 1. The van der Waals surface area contributed by atoms with E-state index in [2.05, 4.69) is 45.9 Å². The third-order valence-electron chi connectivity index (χ3n) is 5.79. The summed E-state index contributed by atoms with van der Waals surface area (Å²) in [5.74, 6) is 0.277. The lowest BCUT2D eigenvalue weighted by Gasteiger charge is -2.28. The van der Waals surface area contributed by atoms with Gasteiger partial charge in [0.05, 0.1) is 0 Å². The molecule has 3 nitrogen and oxygen atoms in total. The summed E-state index contributed by atoms with van der Waals surface area (Å²) in [4.78, 5) is 15.2. The van der Waals surface area contributed by atoms with Gasteiger partial charge in [0.25, 0.3) is 0 Å². The van der Waals surface area contributed by atoms with Crippen molar-refractivity contribution in [2.75, 3.05) is 13.1 Å². The van der Waals surface area contributed by atoms with Crippen molar-refractivity contribution in [2.24, 2.45) is 7.05 Å². The smallest absolute Gasteiger partial charge is 0.165 e. The van der Waals surface area contributed by atoms with E-state index in [9.17, 15) is 4.79 Å². The predicted octanol–water partition coefficient (Wildman–Crippen LogP) is 5.40. The number of hydrogen-bond donors (Lipinski definition) is 0. The molecule has 0 unspecified atom stereocenters. The zero-order valence-electron chi connectivity index (χ0n) is 16.6. The van der Waals surface area contributed by atoms with Crippen LogP contribution < -0.4 is 0 Å². The molecular formula is C24H29ClN2O. The van der Waals surface area contributed by atoms with Gasteiger partial charge in [-0.05, 0) is 43.0 Å². The second-order valence-electron chi connectivity index (χ2n) is 7.70. The van der Waals surface area contributed by atoms with Crippen molar-refractivity contribution in [1.29, 1.82) is 0 Å². The number of unbranched alkanes of at least 4 members (excludes halogenated alkanes) is 2. The Hall–Kier alpha value is -2.10. The first-order valence-corrected chi connectivity index (χ1v) is 10.1. The lowest BCUT2D eigenvalue weighted by Crippen LogP contribution is -2.31. The van der Waals surface area contributed by atoms with Crippen molar-refractivity contribution in [3.8, 4) is 0 Å². The lowest BCUT2D eigenvalue weighted by atomic mass is 9.99.